The first kappa shape index (κ1) is 19.8. The average Bonchev–Trinajstić information content (AvgIpc) is 3.28. The third-order valence-electron chi connectivity index (χ3n) is 4.08. The number of aliphatic imine (C=N–C) groups is 1. The first-order chi connectivity index (χ1) is 14.1. The minimum Gasteiger partial charge on any atom is -0.494 e. The van der Waals surface area contributed by atoms with E-state index in [1.165, 1.54) is 6.07 Å². The highest BCUT2D eigenvalue weighted by Crippen LogP contribution is 2.20. The Morgan fingerprint density at radius 1 is 1.24 bits per heavy atom. The molecule has 146 valence electrons. The molecule has 0 radical (unpaired) electrons. The van der Waals surface area contributed by atoms with Crippen LogP contribution < -0.4 is 0 Å². The van der Waals surface area contributed by atoms with Crippen LogP contribution in [0.1, 0.15) is 28.7 Å². The van der Waals surface area contributed by atoms with Gasteiger partial charge in [0.1, 0.15) is 12.3 Å². The van der Waals surface area contributed by atoms with Gasteiger partial charge >= 0.3 is 5.97 Å². The predicted molar refractivity (Wildman–Crippen MR) is 111 cm³/mol. The highest BCUT2D eigenvalue weighted by atomic mass is 16.5. The number of H-pyrrole nitrogens is 1. The van der Waals surface area contributed by atoms with Crippen molar-refractivity contribution in [3.63, 3.8) is 0 Å². The Kier molecular flexibility index (Phi) is 6.32. The molecule has 3 aromatic rings. The van der Waals surface area contributed by atoms with E-state index in [1.54, 1.807) is 24.4 Å². The third kappa shape index (κ3) is 5.26. The fourth-order valence-electron chi connectivity index (χ4n) is 2.60. The Balaban J connectivity index is 1.70. The third-order valence-corrected chi connectivity index (χ3v) is 4.08. The van der Waals surface area contributed by atoms with Gasteiger partial charge in [0.15, 0.2) is 0 Å². The van der Waals surface area contributed by atoms with Gasteiger partial charge in [0.05, 0.1) is 22.8 Å². The van der Waals surface area contributed by atoms with E-state index in [9.17, 15) is 4.79 Å². The van der Waals surface area contributed by atoms with Crippen LogP contribution in [0.15, 0.2) is 77.6 Å². The van der Waals surface area contributed by atoms with Crippen molar-refractivity contribution in [3.8, 4) is 11.3 Å². The molecule has 29 heavy (non-hydrogen) atoms. The number of aromatic amines is 1. The maximum Gasteiger partial charge on any atom is 0.354 e. The summed E-state index contributed by atoms with van der Waals surface area (Å²) in [5.74, 6) is -0.342. The number of hydrogen-bond acceptors (Lipinski definition) is 5. The van der Waals surface area contributed by atoms with Gasteiger partial charge in [-0.05, 0) is 55.6 Å². The van der Waals surface area contributed by atoms with Crippen molar-refractivity contribution in [2.45, 2.75) is 13.5 Å². The number of carboxylic acids is 1. The average molecular weight is 388 g/mol. The van der Waals surface area contributed by atoms with Gasteiger partial charge in [0.25, 0.3) is 0 Å². The molecule has 1 aromatic carbocycles. The zero-order valence-electron chi connectivity index (χ0n) is 15.9. The lowest BCUT2D eigenvalue weighted by Crippen LogP contribution is -2.00. The Labute approximate surface area is 168 Å². The van der Waals surface area contributed by atoms with Crippen LogP contribution in [-0.4, -0.2) is 33.0 Å². The second kappa shape index (κ2) is 9.27. The summed E-state index contributed by atoms with van der Waals surface area (Å²) < 4.78 is 5.81. The summed E-state index contributed by atoms with van der Waals surface area (Å²) in [7, 11) is 0. The number of nitrogens with one attached hydrogen (secondary N) is 1. The molecule has 3 rings (SSSR count). The molecule has 0 aliphatic carbocycles. The summed E-state index contributed by atoms with van der Waals surface area (Å²) in [5, 5.41) is 15.9. The van der Waals surface area contributed by atoms with Crippen LogP contribution in [-0.2, 0) is 11.3 Å². The minimum absolute atomic E-state index is 0.0126. The largest absolute Gasteiger partial charge is 0.494 e. The van der Waals surface area contributed by atoms with E-state index in [4.69, 9.17) is 9.84 Å². The molecule has 7 heteroatoms. The summed E-state index contributed by atoms with van der Waals surface area (Å²) in [4.78, 5) is 19.3. The van der Waals surface area contributed by atoms with Crippen molar-refractivity contribution in [1.82, 2.24) is 15.2 Å². The molecule has 0 fully saturated rings. The molecule has 0 amide bonds. The van der Waals surface area contributed by atoms with Crippen LogP contribution in [0, 0.1) is 0 Å². The van der Waals surface area contributed by atoms with E-state index < -0.39 is 5.97 Å². The molecule has 0 aliphatic rings. The lowest BCUT2D eigenvalue weighted by Gasteiger charge is -2.08. The number of allylic oxidation sites excluding steroid dienone is 3. The number of carboxylic acid groups (broad SMARTS) is 1. The molecular formula is C22H20N4O3. The van der Waals surface area contributed by atoms with E-state index in [1.807, 2.05) is 43.3 Å². The van der Waals surface area contributed by atoms with Crippen LogP contribution in [0.4, 0.5) is 0 Å². The first-order valence-electron chi connectivity index (χ1n) is 8.84. The Hall–Kier alpha value is -4.00. The molecule has 0 saturated carbocycles. The Morgan fingerprint density at radius 2 is 2.07 bits per heavy atom. The maximum atomic E-state index is 11.1. The van der Waals surface area contributed by atoms with E-state index in [2.05, 4.69) is 26.9 Å². The minimum atomic E-state index is -1.05. The number of pyridine rings is 1. The smallest absolute Gasteiger partial charge is 0.354 e. The van der Waals surface area contributed by atoms with Crippen molar-refractivity contribution in [3.05, 3.63) is 89.6 Å². The number of hydrogen-bond donors (Lipinski definition) is 2. The van der Waals surface area contributed by atoms with Crippen LogP contribution in [0.3, 0.4) is 0 Å². The van der Waals surface area contributed by atoms with Crippen molar-refractivity contribution in [1.29, 1.82) is 0 Å². The summed E-state index contributed by atoms with van der Waals surface area (Å²) >= 11 is 0. The number of aromatic nitrogens is 3. The SMILES string of the molecule is C=N/C(=C\C=C(/C)OCc1cccc(-c2cccc(C(=O)O)n2)c1)c1ccn[nH]1. The molecule has 0 saturated heterocycles. The number of aromatic carboxylic acids is 1. The van der Waals surface area contributed by atoms with Crippen LogP contribution in [0.5, 0.6) is 0 Å². The van der Waals surface area contributed by atoms with Gasteiger partial charge in [0.2, 0.25) is 0 Å². The van der Waals surface area contributed by atoms with Crippen LogP contribution in [0.2, 0.25) is 0 Å². The van der Waals surface area contributed by atoms with E-state index in [0.717, 1.165) is 16.8 Å². The molecule has 0 bridgehead atoms. The molecular weight excluding hydrogens is 368 g/mol. The predicted octanol–water partition coefficient (Wildman–Crippen LogP) is 4.33. The highest BCUT2D eigenvalue weighted by molar-refractivity contribution is 5.86. The normalized spacial score (nSPS) is 11.9. The number of carbonyl (C=O) groups is 1. The number of benzene rings is 1. The summed E-state index contributed by atoms with van der Waals surface area (Å²) in [5.41, 5.74) is 3.82. The fourth-order valence-corrected chi connectivity index (χ4v) is 2.60. The summed E-state index contributed by atoms with van der Waals surface area (Å²) in [6, 6.07) is 14.4. The maximum absolute atomic E-state index is 11.1. The van der Waals surface area contributed by atoms with Crippen molar-refractivity contribution in [2.24, 2.45) is 4.99 Å². The van der Waals surface area contributed by atoms with E-state index in [-0.39, 0.29) is 5.69 Å². The number of ether oxygens (including phenoxy) is 1. The van der Waals surface area contributed by atoms with Gasteiger partial charge in [-0.15, -0.1) is 0 Å². The van der Waals surface area contributed by atoms with Gasteiger partial charge < -0.3 is 9.84 Å². The zero-order chi connectivity index (χ0) is 20.6. The van der Waals surface area contributed by atoms with E-state index in [0.29, 0.717) is 23.8 Å². The first-order valence-corrected chi connectivity index (χ1v) is 8.84. The zero-order valence-corrected chi connectivity index (χ0v) is 15.9. The molecule has 0 unspecified atom stereocenters. The molecule has 2 aromatic heterocycles. The quantitative estimate of drug-likeness (QED) is 0.340. The van der Waals surface area contributed by atoms with Crippen molar-refractivity contribution >= 4 is 18.4 Å². The molecule has 0 spiro atoms. The standard InChI is InChI=1S/C22H20N4O3/c1-15(9-10-19(23-2)20-11-12-24-26-20)29-14-16-5-3-6-17(13-16)18-7-4-8-21(25-18)22(27)28/h3-13H,2,14H2,1H3,(H,24,26)(H,27,28)/b15-9+,19-10-. The summed E-state index contributed by atoms with van der Waals surface area (Å²) in [6.07, 6.45) is 5.26. The topological polar surface area (TPSA) is 100 Å². The Bertz CT molecular complexity index is 1070. The highest BCUT2D eigenvalue weighted by Gasteiger charge is 2.07. The van der Waals surface area contributed by atoms with Gasteiger partial charge in [-0.1, -0.05) is 24.3 Å². The lowest BCUT2D eigenvalue weighted by atomic mass is 10.1. The van der Waals surface area contributed by atoms with Gasteiger partial charge in [-0.2, -0.15) is 5.10 Å². The lowest BCUT2D eigenvalue weighted by molar-refractivity contribution is 0.0690. The summed E-state index contributed by atoms with van der Waals surface area (Å²) in [6.45, 7) is 5.78. The second-order valence-electron chi connectivity index (χ2n) is 6.16. The van der Waals surface area contributed by atoms with Crippen molar-refractivity contribution in [2.75, 3.05) is 0 Å². The van der Waals surface area contributed by atoms with Gasteiger partial charge in [-0.3, -0.25) is 10.1 Å². The molecule has 0 atom stereocenters. The second-order valence-corrected chi connectivity index (χ2v) is 6.16. The fraction of sp³-hybridized carbons (Fsp3) is 0.0909. The van der Waals surface area contributed by atoms with Gasteiger partial charge in [0, 0.05) is 11.8 Å². The van der Waals surface area contributed by atoms with Crippen LogP contribution >= 0.6 is 0 Å². The molecule has 7 nitrogen and oxygen atoms in total. The number of rotatable bonds is 8. The Morgan fingerprint density at radius 3 is 2.79 bits per heavy atom. The molecule has 2 heterocycles. The van der Waals surface area contributed by atoms with Crippen LogP contribution in [0.25, 0.3) is 17.0 Å². The van der Waals surface area contributed by atoms with Gasteiger partial charge in [-0.25, -0.2) is 9.78 Å². The monoisotopic (exact) mass is 388 g/mol. The van der Waals surface area contributed by atoms with E-state index >= 15 is 0 Å². The number of nitrogens with zero attached hydrogens (tertiary/aromatic N) is 3. The molecule has 2 N–H and O–H groups in total. The van der Waals surface area contributed by atoms with Crippen molar-refractivity contribution < 1.29 is 14.6 Å². The molecule has 0 aliphatic heterocycles.